The van der Waals surface area contributed by atoms with Gasteiger partial charge in [-0.25, -0.2) is 4.68 Å². The highest BCUT2D eigenvalue weighted by Crippen LogP contribution is 2.18. The van der Waals surface area contributed by atoms with Gasteiger partial charge in [0.25, 0.3) is 5.91 Å². The van der Waals surface area contributed by atoms with Crippen molar-refractivity contribution < 1.29 is 4.79 Å². The van der Waals surface area contributed by atoms with Crippen LogP contribution in [0, 0.1) is 10.8 Å². The van der Waals surface area contributed by atoms with Gasteiger partial charge in [-0.05, 0) is 48.0 Å². The van der Waals surface area contributed by atoms with Crippen molar-refractivity contribution in [3.05, 3.63) is 89.5 Å². The average molecular weight is 396 g/mol. The third-order valence-corrected chi connectivity index (χ3v) is 4.78. The Morgan fingerprint density at radius 1 is 1.07 bits per heavy atom. The van der Waals surface area contributed by atoms with Crippen molar-refractivity contribution in [2.45, 2.75) is 6.42 Å². The number of carbonyl (C=O) groups excluding carboxylic acids is 1. The lowest BCUT2D eigenvalue weighted by molar-refractivity contribution is 0.0963. The first-order valence-electron chi connectivity index (χ1n) is 9.44. The summed E-state index contributed by atoms with van der Waals surface area (Å²) in [6, 6.07) is 20.2. The number of hydrogen-bond acceptors (Lipinski definition) is 5. The highest BCUT2D eigenvalue weighted by Gasteiger charge is 2.10. The molecule has 0 radical (unpaired) electrons. The quantitative estimate of drug-likeness (QED) is 0.364. The maximum atomic E-state index is 11.9. The fourth-order valence-electron chi connectivity index (χ4n) is 3.25. The molecule has 4 rings (SSSR count). The van der Waals surface area contributed by atoms with E-state index in [2.05, 4.69) is 15.4 Å². The Morgan fingerprint density at radius 3 is 2.77 bits per heavy atom. The van der Waals surface area contributed by atoms with Crippen LogP contribution in [0.15, 0.2) is 72.9 Å². The van der Waals surface area contributed by atoms with E-state index in [0.717, 1.165) is 22.0 Å². The van der Waals surface area contributed by atoms with E-state index in [0.29, 0.717) is 17.7 Å². The number of benzene rings is 2. The Hall–Kier alpha value is -4.13. The van der Waals surface area contributed by atoms with Crippen molar-refractivity contribution in [3.63, 3.8) is 0 Å². The van der Waals surface area contributed by atoms with E-state index in [1.54, 1.807) is 43.6 Å². The summed E-state index contributed by atoms with van der Waals surface area (Å²) in [6.07, 6.45) is 2.08. The molecule has 0 unspecified atom stereocenters. The Labute approximate surface area is 173 Å². The highest BCUT2D eigenvalue weighted by molar-refractivity contribution is 5.95. The van der Waals surface area contributed by atoms with Crippen molar-refractivity contribution in [2.75, 3.05) is 7.05 Å². The maximum Gasteiger partial charge on any atom is 0.251 e. The van der Waals surface area contributed by atoms with Crippen LogP contribution in [0.4, 0.5) is 0 Å². The van der Waals surface area contributed by atoms with E-state index < -0.39 is 0 Å². The molecule has 1 amide bonds. The molecule has 2 heterocycles. The summed E-state index contributed by atoms with van der Waals surface area (Å²) in [5.41, 5.74) is 3.82. The summed E-state index contributed by atoms with van der Waals surface area (Å²) in [5.74, 6) is 0.00733. The van der Waals surface area contributed by atoms with Crippen LogP contribution in [0.25, 0.3) is 22.2 Å². The molecule has 0 saturated heterocycles. The zero-order valence-electron chi connectivity index (χ0n) is 16.4. The van der Waals surface area contributed by atoms with Crippen LogP contribution in [0.5, 0.6) is 0 Å². The minimum atomic E-state index is -0.180. The number of nitrogens with zero attached hydrogens (tertiary/aromatic N) is 3. The largest absolute Gasteiger partial charge is 0.355 e. The van der Waals surface area contributed by atoms with Crippen molar-refractivity contribution in [2.24, 2.45) is 0 Å². The molecule has 2 aromatic heterocycles. The third kappa shape index (κ3) is 3.86. The molecule has 4 aromatic rings. The molecule has 0 saturated carbocycles. The van der Waals surface area contributed by atoms with E-state index in [1.807, 2.05) is 36.4 Å². The maximum absolute atomic E-state index is 11.9. The van der Waals surface area contributed by atoms with Gasteiger partial charge < -0.3 is 5.32 Å². The zero-order valence-corrected chi connectivity index (χ0v) is 16.4. The van der Waals surface area contributed by atoms with E-state index in [-0.39, 0.29) is 17.2 Å². The van der Waals surface area contributed by atoms with Gasteiger partial charge in [-0.15, -0.1) is 0 Å². The standard InChI is InChI=1S/C23H20N6O/c1-26-23(30)18-5-2-4-17(14-18)20-9-10-21(24)29(28-20)22(25)13-15-7-8-19-16(12-15)6-3-11-27-19/h2-12,14,24-25H,13H2,1H3,(H,26,30). The zero-order chi connectivity index (χ0) is 21.1. The van der Waals surface area contributed by atoms with Crippen molar-refractivity contribution in [3.8, 4) is 11.3 Å². The number of hydrogen-bond donors (Lipinski definition) is 3. The Kier molecular flexibility index (Phi) is 5.17. The van der Waals surface area contributed by atoms with E-state index in [9.17, 15) is 4.79 Å². The predicted molar refractivity (Wildman–Crippen MR) is 115 cm³/mol. The molecule has 0 spiro atoms. The van der Waals surface area contributed by atoms with Gasteiger partial charge in [0.1, 0.15) is 11.3 Å². The van der Waals surface area contributed by atoms with Gasteiger partial charge in [0, 0.05) is 36.2 Å². The molecule has 2 aromatic carbocycles. The van der Waals surface area contributed by atoms with Crippen molar-refractivity contribution in [1.82, 2.24) is 20.1 Å². The fraction of sp³-hybridized carbons (Fsp3) is 0.0870. The Bertz CT molecular complexity index is 1320. The van der Waals surface area contributed by atoms with Crippen molar-refractivity contribution >= 4 is 22.6 Å². The van der Waals surface area contributed by atoms with E-state index >= 15 is 0 Å². The predicted octanol–water partition coefficient (Wildman–Crippen LogP) is 3.01. The van der Waals surface area contributed by atoms with E-state index in [1.165, 1.54) is 4.68 Å². The first kappa shape index (κ1) is 19.2. The molecule has 7 heteroatoms. The lowest BCUT2D eigenvalue weighted by atomic mass is 10.1. The monoisotopic (exact) mass is 396 g/mol. The van der Waals surface area contributed by atoms with Gasteiger partial charge in [-0.3, -0.25) is 20.6 Å². The summed E-state index contributed by atoms with van der Waals surface area (Å²) < 4.78 is 1.31. The minimum Gasteiger partial charge on any atom is -0.355 e. The molecular weight excluding hydrogens is 376 g/mol. The second-order valence-corrected chi connectivity index (χ2v) is 6.83. The average Bonchev–Trinajstić information content (AvgIpc) is 2.78. The number of pyridine rings is 1. The van der Waals surface area contributed by atoms with Crippen LogP contribution in [0.2, 0.25) is 0 Å². The molecule has 0 aliphatic carbocycles. The SMILES string of the molecule is CNC(=O)c1cccc(-c2ccc(=N)n(C(=N)Cc3ccc4ncccc4c3)n2)c1. The number of rotatable bonds is 4. The molecule has 30 heavy (non-hydrogen) atoms. The van der Waals surface area contributed by atoms with Crippen LogP contribution < -0.4 is 10.8 Å². The van der Waals surface area contributed by atoms with Gasteiger partial charge >= 0.3 is 0 Å². The summed E-state index contributed by atoms with van der Waals surface area (Å²) in [7, 11) is 1.58. The third-order valence-electron chi connectivity index (χ3n) is 4.78. The fourth-order valence-corrected chi connectivity index (χ4v) is 3.25. The molecule has 0 aliphatic rings. The molecule has 7 nitrogen and oxygen atoms in total. The molecule has 148 valence electrons. The van der Waals surface area contributed by atoms with Crippen molar-refractivity contribution in [1.29, 1.82) is 10.8 Å². The Balaban J connectivity index is 1.65. The summed E-state index contributed by atoms with van der Waals surface area (Å²) >= 11 is 0. The molecule has 3 N–H and O–H groups in total. The highest BCUT2D eigenvalue weighted by atomic mass is 16.1. The molecule has 0 bridgehead atoms. The van der Waals surface area contributed by atoms with Gasteiger partial charge in [-0.2, -0.15) is 5.10 Å². The Morgan fingerprint density at radius 2 is 1.93 bits per heavy atom. The minimum absolute atomic E-state index is 0.119. The molecular formula is C23H20N6O. The molecule has 0 aliphatic heterocycles. The summed E-state index contributed by atoms with van der Waals surface area (Å²) in [5, 5.41) is 24.8. The van der Waals surface area contributed by atoms with Crippen LogP contribution in [0.3, 0.4) is 0 Å². The van der Waals surface area contributed by atoms with Crippen LogP contribution >= 0.6 is 0 Å². The molecule has 0 fully saturated rings. The lowest BCUT2D eigenvalue weighted by Gasteiger charge is -2.11. The number of amides is 1. The van der Waals surface area contributed by atoms with Gasteiger partial charge in [0.15, 0.2) is 0 Å². The van der Waals surface area contributed by atoms with Gasteiger partial charge in [-0.1, -0.05) is 24.3 Å². The second-order valence-electron chi connectivity index (χ2n) is 6.83. The van der Waals surface area contributed by atoms with Crippen LogP contribution in [0.1, 0.15) is 15.9 Å². The topological polar surface area (TPSA) is 108 Å². The number of nitrogens with one attached hydrogen (secondary N) is 3. The summed E-state index contributed by atoms with van der Waals surface area (Å²) in [6.45, 7) is 0. The summed E-state index contributed by atoms with van der Waals surface area (Å²) in [4.78, 5) is 16.2. The smallest absolute Gasteiger partial charge is 0.251 e. The number of fused-ring (bicyclic) bond motifs is 1. The first-order valence-corrected chi connectivity index (χ1v) is 9.44. The first-order chi connectivity index (χ1) is 14.5. The second kappa shape index (κ2) is 8.08. The van der Waals surface area contributed by atoms with Gasteiger partial charge in [0.2, 0.25) is 0 Å². The van der Waals surface area contributed by atoms with E-state index in [4.69, 9.17) is 10.8 Å². The van der Waals surface area contributed by atoms with Crippen LogP contribution in [-0.2, 0) is 6.42 Å². The van der Waals surface area contributed by atoms with Gasteiger partial charge in [0.05, 0.1) is 11.2 Å². The molecule has 0 atom stereocenters. The lowest BCUT2D eigenvalue weighted by Crippen LogP contribution is -2.30. The van der Waals surface area contributed by atoms with Crippen LogP contribution in [-0.4, -0.2) is 33.6 Å². The number of carbonyl (C=O) groups is 1. The normalized spacial score (nSPS) is 10.7. The number of aromatic nitrogens is 3.